The van der Waals surface area contributed by atoms with E-state index in [0.717, 1.165) is 0 Å². The van der Waals surface area contributed by atoms with Gasteiger partial charge in [0.05, 0.1) is 14.2 Å². The molecule has 24 heavy (non-hydrogen) atoms. The minimum Gasteiger partial charge on any atom is -0.497 e. The first-order valence-corrected chi connectivity index (χ1v) is 7.17. The fraction of sp³-hybridized carbons (Fsp3) is 0.235. The number of esters is 1. The zero-order valence-electron chi connectivity index (χ0n) is 13.3. The molecule has 1 aromatic carbocycles. The van der Waals surface area contributed by atoms with Gasteiger partial charge in [-0.25, -0.2) is 4.79 Å². The van der Waals surface area contributed by atoms with Crippen molar-refractivity contribution in [2.24, 2.45) is 0 Å². The molecule has 0 aliphatic carbocycles. The van der Waals surface area contributed by atoms with Crippen LogP contribution in [-0.2, 0) is 9.53 Å². The molecule has 7 heteroatoms. The number of methoxy groups -OCH3 is 2. The van der Waals surface area contributed by atoms with Crippen LogP contribution in [0.25, 0.3) is 0 Å². The average molecular weight is 330 g/mol. The number of carbonyl (C=O) groups excluding carboxylic acids is 2. The zero-order valence-corrected chi connectivity index (χ0v) is 13.3. The van der Waals surface area contributed by atoms with E-state index in [-0.39, 0.29) is 0 Å². The van der Waals surface area contributed by atoms with Crippen LogP contribution in [0.3, 0.4) is 0 Å². The summed E-state index contributed by atoms with van der Waals surface area (Å²) in [5, 5.41) is 13.0. The van der Waals surface area contributed by atoms with E-state index in [1.165, 1.54) is 38.7 Å². The van der Waals surface area contributed by atoms with Gasteiger partial charge in [-0.05, 0) is 29.8 Å². The monoisotopic (exact) mass is 330 g/mol. The maximum absolute atomic E-state index is 12.2. The standard InChI is InChI=1S/C17H18N2O5/c1-23-13-5-3-11(4-6-13)15(20)14(17(22)24-2)19-16(21)12-7-9-18-10-8-12/h3-10,14-15,20H,1-2H3,(H,19,21). The Morgan fingerprint density at radius 2 is 1.71 bits per heavy atom. The Morgan fingerprint density at radius 3 is 2.25 bits per heavy atom. The van der Waals surface area contributed by atoms with Crippen LogP contribution >= 0.6 is 0 Å². The van der Waals surface area contributed by atoms with Crippen LogP contribution in [0.15, 0.2) is 48.8 Å². The van der Waals surface area contributed by atoms with Gasteiger partial charge < -0.3 is 19.9 Å². The van der Waals surface area contributed by atoms with Gasteiger partial charge in [-0.3, -0.25) is 9.78 Å². The van der Waals surface area contributed by atoms with Crippen molar-refractivity contribution < 1.29 is 24.2 Å². The van der Waals surface area contributed by atoms with Gasteiger partial charge in [0, 0.05) is 18.0 Å². The highest BCUT2D eigenvalue weighted by Gasteiger charge is 2.31. The number of hydrogen-bond acceptors (Lipinski definition) is 6. The number of amides is 1. The van der Waals surface area contributed by atoms with Crippen molar-refractivity contribution in [2.45, 2.75) is 12.1 Å². The van der Waals surface area contributed by atoms with Crippen molar-refractivity contribution in [2.75, 3.05) is 14.2 Å². The Kier molecular flexibility index (Phi) is 5.86. The van der Waals surface area contributed by atoms with E-state index in [9.17, 15) is 14.7 Å². The Balaban J connectivity index is 2.20. The van der Waals surface area contributed by atoms with E-state index in [1.54, 1.807) is 24.3 Å². The van der Waals surface area contributed by atoms with Crippen LogP contribution in [0, 0.1) is 0 Å². The Morgan fingerprint density at radius 1 is 1.08 bits per heavy atom. The second kappa shape index (κ2) is 8.07. The van der Waals surface area contributed by atoms with Gasteiger partial charge in [0.25, 0.3) is 5.91 Å². The van der Waals surface area contributed by atoms with Crippen molar-refractivity contribution in [1.82, 2.24) is 10.3 Å². The highest BCUT2D eigenvalue weighted by atomic mass is 16.5. The minimum atomic E-state index is -1.27. The first-order valence-electron chi connectivity index (χ1n) is 7.17. The molecule has 2 rings (SSSR count). The molecule has 1 aromatic heterocycles. The molecule has 0 spiro atoms. The molecule has 0 aliphatic rings. The smallest absolute Gasteiger partial charge is 0.331 e. The van der Waals surface area contributed by atoms with Gasteiger partial charge in [0.15, 0.2) is 6.04 Å². The summed E-state index contributed by atoms with van der Waals surface area (Å²) in [6, 6.07) is 8.28. The van der Waals surface area contributed by atoms with Crippen LogP contribution < -0.4 is 10.1 Å². The molecule has 0 saturated heterocycles. The third kappa shape index (κ3) is 4.08. The normalized spacial score (nSPS) is 12.8. The molecule has 0 fully saturated rings. The van der Waals surface area contributed by atoms with Gasteiger partial charge in [-0.15, -0.1) is 0 Å². The lowest BCUT2D eigenvalue weighted by Crippen LogP contribution is -2.45. The Hall–Kier alpha value is -2.93. The van der Waals surface area contributed by atoms with Crippen LogP contribution in [0.2, 0.25) is 0 Å². The number of aliphatic hydroxyl groups is 1. The quantitative estimate of drug-likeness (QED) is 0.770. The number of nitrogens with zero attached hydrogens (tertiary/aromatic N) is 1. The highest BCUT2D eigenvalue weighted by molar-refractivity contribution is 5.96. The van der Waals surface area contributed by atoms with Crippen molar-refractivity contribution in [3.8, 4) is 5.75 Å². The lowest BCUT2D eigenvalue weighted by atomic mass is 10.0. The van der Waals surface area contributed by atoms with Crippen molar-refractivity contribution in [3.05, 3.63) is 59.9 Å². The first kappa shape index (κ1) is 17.4. The summed E-state index contributed by atoms with van der Waals surface area (Å²) in [6.45, 7) is 0. The maximum Gasteiger partial charge on any atom is 0.331 e. The molecule has 126 valence electrons. The van der Waals surface area contributed by atoms with Gasteiger partial charge in [-0.2, -0.15) is 0 Å². The van der Waals surface area contributed by atoms with Crippen LogP contribution in [0.4, 0.5) is 0 Å². The molecule has 0 bridgehead atoms. The number of ether oxygens (including phenoxy) is 2. The summed E-state index contributed by atoms with van der Waals surface area (Å²) in [7, 11) is 2.71. The first-order chi connectivity index (χ1) is 11.6. The third-order valence-corrected chi connectivity index (χ3v) is 3.46. The summed E-state index contributed by atoms with van der Waals surface area (Å²) in [6.07, 6.45) is 1.65. The van der Waals surface area contributed by atoms with E-state index in [4.69, 9.17) is 4.74 Å². The third-order valence-electron chi connectivity index (χ3n) is 3.46. The molecule has 2 aromatic rings. The number of benzene rings is 1. The van der Waals surface area contributed by atoms with Crippen LogP contribution in [0.1, 0.15) is 22.0 Å². The zero-order chi connectivity index (χ0) is 17.5. The number of hydrogen-bond donors (Lipinski definition) is 2. The number of nitrogens with one attached hydrogen (secondary N) is 1. The number of aliphatic hydroxyl groups excluding tert-OH is 1. The Bertz CT molecular complexity index is 688. The number of rotatable bonds is 6. The highest BCUT2D eigenvalue weighted by Crippen LogP contribution is 2.21. The SMILES string of the molecule is COC(=O)C(NC(=O)c1ccncc1)C(O)c1ccc(OC)cc1. The molecule has 2 N–H and O–H groups in total. The molecular formula is C17H18N2O5. The van der Waals surface area contributed by atoms with Crippen molar-refractivity contribution in [1.29, 1.82) is 0 Å². The second-order valence-electron chi connectivity index (χ2n) is 4.93. The van der Waals surface area contributed by atoms with E-state index >= 15 is 0 Å². The molecule has 7 nitrogen and oxygen atoms in total. The lowest BCUT2D eigenvalue weighted by molar-refractivity contribution is -0.146. The van der Waals surface area contributed by atoms with E-state index in [1.807, 2.05) is 0 Å². The summed E-state index contributed by atoms with van der Waals surface area (Å²) >= 11 is 0. The number of pyridine rings is 1. The van der Waals surface area contributed by atoms with Crippen LogP contribution in [-0.4, -0.2) is 42.2 Å². The van der Waals surface area contributed by atoms with Gasteiger partial charge in [0.2, 0.25) is 0 Å². The predicted octanol–water partition coefficient (Wildman–Crippen LogP) is 1.10. The van der Waals surface area contributed by atoms with Crippen molar-refractivity contribution >= 4 is 11.9 Å². The molecule has 0 radical (unpaired) electrons. The van der Waals surface area contributed by atoms with E-state index < -0.39 is 24.0 Å². The largest absolute Gasteiger partial charge is 0.497 e. The van der Waals surface area contributed by atoms with E-state index in [0.29, 0.717) is 16.9 Å². The summed E-state index contributed by atoms with van der Waals surface area (Å²) in [5.41, 5.74) is 0.766. The lowest BCUT2D eigenvalue weighted by Gasteiger charge is -2.22. The minimum absolute atomic E-state index is 0.320. The summed E-state index contributed by atoms with van der Waals surface area (Å²) in [5.74, 6) is -0.650. The van der Waals surface area contributed by atoms with Gasteiger partial charge in [0.1, 0.15) is 11.9 Å². The Labute approximate surface area is 139 Å². The maximum atomic E-state index is 12.2. The fourth-order valence-electron chi connectivity index (χ4n) is 2.12. The molecule has 1 amide bonds. The molecule has 0 saturated carbocycles. The topological polar surface area (TPSA) is 97.8 Å². The summed E-state index contributed by atoms with van der Waals surface area (Å²) < 4.78 is 9.74. The van der Waals surface area contributed by atoms with Gasteiger partial charge in [-0.1, -0.05) is 12.1 Å². The second-order valence-corrected chi connectivity index (χ2v) is 4.93. The van der Waals surface area contributed by atoms with Crippen LogP contribution in [0.5, 0.6) is 5.75 Å². The molecule has 1 heterocycles. The fourth-order valence-corrected chi connectivity index (χ4v) is 2.12. The molecule has 0 aliphatic heterocycles. The van der Waals surface area contributed by atoms with E-state index in [2.05, 4.69) is 15.0 Å². The predicted molar refractivity (Wildman–Crippen MR) is 85.5 cm³/mol. The summed E-state index contributed by atoms with van der Waals surface area (Å²) in [4.78, 5) is 28.0. The molecule has 2 unspecified atom stereocenters. The number of aromatic nitrogens is 1. The van der Waals surface area contributed by atoms with Crippen molar-refractivity contribution in [3.63, 3.8) is 0 Å². The number of carbonyl (C=O) groups is 2. The molecule has 2 atom stereocenters. The van der Waals surface area contributed by atoms with Gasteiger partial charge >= 0.3 is 5.97 Å². The average Bonchev–Trinajstić information content (AvgIpc) is 2.65. The molecular weight excluding hydrogens is 312 g/mol.